The van der Waals surface area contributed by atoms with Gasteiger partial charge in [-0.3, -0.25) is 9.59 Å². The van der Waals surface area contributed by atoms with E-state index in [1.54, 1.807) is 6.92 Å². The van der Waals surface area contributed by atoms with Gasteiger partial charge in [-0.1, -0.05) is 6.07 Å². The Morgan fingerprint density at radius 1 is 1.24 bits per heavy atom. The molecule has 4 N–H and O–H groups in total. The van der Waals surface area contributed by atoms with Crippen molar-refractivity contribution < 1.29 is 13.2 Å². The average molecular weight is 307 g/mol. The molecule has 0 aliphatic heterocycles. The number of hydrogen-bond donors (Lipinski definition) is 3. The van der Waals surface area contributed by atoms with Gasteiger partial charge in [0.25, 0.3) is 5.91 Å². The third-order valence-electron chi connectivity index (χ3n) is 2.79. The number of aromatic amines is 1. The zero-order valence-corrected chi connectivity index (χ0v) is 11.9. The Morgan fingerprint density at radius 3 is 2.52 bits per heavy atom. The molecule has 2 rings (SSSR count). The lowest BCUT2D eigenvalue weighted by atomic mass is 10.2. The summed E-state index contributed by atoms with van der Waals surface area (Å²) in [7, 11) is -3.79. The first-order valence-electron chi connectivity index (χ1n) is 5.91. The minimum atomic E-state index is -3.79. The Hall–Kier alpha value is -2.45. The molecule has 0 aliphatic carbocycles. The van der Waals surface area contributed by atoms with E-state index >= 15 is 0 Å². The highest BCUT2D eigenvalue weighted by Gasteiger charge is 2.12. The summed E-state index contributed by atoms with van der Waals surface area (Å²) in [5.74, 6) is -0.501. The number of sulfonamides is 1. The maximum atomic E-state index is 12.0. The van der Waals surface area contributed by atoms with E-state index in [9.17, 15) is 18.0 Å². The van der Waals surface area contributed by atoms with Crippen LogP contribution in [0.4, 0.5) is 5.69 Å². The van der Waals surface area contributed by atoms with E-state index in [0.717, 1.165) is 0 Å². The van der Waals surface area contributed by atoms with Crippen molar-refractivity contribution in [2.75, 3.05) is 5.32 Å². The Kier molecular flexibility index (Phi) is 3.92. The van der Waals surface area contributed by atoms with Crippen LogP contribution in [0, 0.1) is 6.92 Å². The summed E-state index contributed by atoms with van der Waals surface area (Å²) < 4.78 is 22.5. The van der Waals surface area contributed by atoms with Crippen molar-refractivity contribution in [3.63, 3.8) is 0 Å². The number of primary sulfonamides is 1. The second-order valence-electron chi connectivity index (χ2n) is 4.40. The number of carbonyl (C=O) groups excluding carboxylic acids is 1. The Balaban J connectivity index is 2.28. The Morgan fingerprint density at radius 2 is 1.95 bits per heavy atom. The number of hydrogen-bond acceptors (Lipinski definition) is 4. The van der Waals surface area contributed by atoms with Gasteiger partial charge in [-0.2, -0.15) is 0 Å². The van der Waals surface area contributed by atoms with Gasteiger partial charge >= 0.3 is 0 Å². The van der Waals surface area contributed by atoms with Gasteiger partial charge in [-0.05, 0) is 36.8 Å². The van der Waals surface area contributed by atoms with E-state index < -0.39 is 15.9 Å². The zero-order valence-electron chi connectivity index (χ0n) is 11.1. The molecule has 21 heavy (non-hydrogen) atoms. The van der Waals surface area contributed by atoms with Gasteiger partial charge < -0.3 is 10.3 Å². The van der Waals surface area contributed by atoms with Crippen molar-refractivity contribution in [3.8, 4) is 0 Å². The average Bonchev–Trinajstić information content (AvgIpc) is 2.39. The maximum absolute atomic E-state index is 12.0. The molecule has 8 heteroatoms. The molecule has 110 valence electrons. The minimum Gasteiger partial charge on any atom is -0.320 e. The quantitative estimate of drug-likeness (QED) is 0.767. The molecule has 1 heterocycles. The van der Waals surface area contributed by atoms with Crippen LogP contribution in [0.5, 0.6) is 0 Å². The van der Waals surface area contributed by atoms with Gasteiger partial charge in [0.15, 0.2) is 0 Å². The first-order chi connectivity index (χ1) is 9.77. The van der Waals surface area contributed by atoms with Crippen LogP contribution in [0.3, 0.4) is 0 Å². The summed E-state index contributed by atoms with van der Waals surface area (Å²) in [6, 6.07) is 8.32. The normalized spacial score (nSPS) is 11.1. The van der Waals surface area contributed by atoms with Crippen LogP contribution >= 0.6 is 0 Å². The number of nitrogens with two attached hydrogens (primary N) is 1. The topological polar surface area (TPSA) is 122 Å². The Labute approximate surface area is 120 Å². The predicted molar refractivity (Wildman–Crippen MR) is 77.6 cm³/mol. The smallest absolute Gasteiger partial charge is 0.272 e. The van der Waals surface area contributed by atoms with Crippen LogP contribution in [0.25, 0.3) is 0 Å². The summed E-state index contributed by atoms with van der Waals surface area (Å²) >= 11 is 0. The van der Waals surface area contributed by atoms with E-state index in [-0.39, 0.29) is 16.1 Å². The second-order valence-corrected chi connectivity index (χ2v) is 5.97. The van der Waals surface area contributed by atoms with E-state index in [1.807, 2.05) is 0 Å². The molecule has 0 spiro atoms. The van der Waals surface area contributed by atoms with Gasteiger partial charge in [0.05, 0.1) is 4.90 Å². The van der Waals surface area contributed by atoms with Gasteiger partial charge in [-0.25, -0.2) is 13.6 Å². The number of amides is 1. The second kappa shape index (κ2) is 5.51. The standard InChI is InChI=1S/C13H13N3O4S/c1-8-7-9(21(14,19)20)5-6-10(8)16-13(18)11-3-2-4-12(17)15-11/h2-7H,1H3,(H,15,17)(H,16,18)(H2,14,19,20). The molecule has 1 aromatic carbocycles. The van der Waals surface area contributed by atoms with Crippen molar-refractivity contribution >= 4 is 21.6 Å². The highest BCUT2D eigenvalue weighted by atomic mass is 32.2. The lowest BCUT2D eigenvalue weighted by molar-refractivity contribution is 0.102. The summed E-state index contributed by atoms with van der Waals surface area (Å²) in [5.41, 5.74) is 0.687. The van der Waals surface area contributed by atoms with E-state index in [4.69, 9.17) is 5.14 Å². The highest BCUT2D eigenvalue weighted by Crippen LogP contribution is 2.19. The van der Waals surface area contributed by atoms with Crippen molar-refractivity contribution in [3.05, 3.63) is 58.0 Å². The number of H-pyrrole nitrogens is 1. The molecule has 0 bridgehead atoms. The number of aryl methyl sites for hydroxylation is 1. The van der Waals surface area contributed by atoms with Gasteiger partial charge in [0.2, 0.25) is 15.6 Å². The SMILES string of the molecule is Cc1cc(S(N)(=O)=O)ccc1NC(=O)c1cccc(=O)[nH]1. The Bertz CT molecular complexity index is 856. The minimum absolute atomic E-state index is 0.0360. The van der Waals surface area contributed by atoms with Crippen LogP contribution in [0.1, 0.15) is 16.1 Å². The largest absolute Gasteiger partial charge is 0.320 e. The number of pyridine rings is 1. The molecule has 1 aromatic heterocycles. The lowest BCUT2D eigenvalue weighted by Gasteiger charge is -2.09. The molecule has 0 fully saturated rings. The van der Waals surface area contributed by atoms with Crippen LogP contribution in [0.2, 0.25) is 0 Å². The summed E-state index contributed by atoms with van der Waals surface area (Å²) in [6.45, 7) is 1.64. The number of anilines is 1. The molecular formula is C13H13N3O4S. The van der Waals surface area contributed by atoms with Gasteiger partial charge in [0.1, 0.15) is 5.69 Å². The number of nitrogens with one attached hydrogen (secondary N) is 2. The van der Waals surface area contributed by atoms with Crippen LogP contribution in [0.15, 0.2) is 46.1 Å². The van der Waals surface area contributed by atoms with Crippen LogP contribution < -0.4 is 16.0 Å². The van der Waals surface area contributed by atoms with E-state index in [1.165, 1.54) is 36.4 Å². The molecular weight excluding hydrogens is 294 g/mol. The summed E-state index contributed by atoms with van der Waals surface area (Å²) in [5, 5.41) is 7.62. The molecule has 0 saturated carbocycles. The highest BCUT2D eigenvalue weighted by molar-refractivity contribution is 7.89. The van der Waals surface area contributed by atoms with Gasteiger partial charge in [0, 0.05) is 11.8 Å². The first-order valence-corrected chi connectivity index (χ1v) is 7.46. The summed E-state index contributed by atoms with van der Waals surface area (Å²) in [6.07, 6.45) is 0. The van der Waals surface area contributed by atoms with E-state index in [0.29, 0.717) is 11.3 Å². The third-order valence-corrected chi connectivity index (χ3v) is 3.70. The van der Waals surface area contributed by atoms with Crippen molar-refractivity contribution in [1.29, 1.82) is 0 Å². The number of benzene rings is 1. The molecule has 0 radical (unpaired) electrons. The summed E-state index contributed by atoms with van der Waals surface area (Å²) in [4.78, 5) is 25.5. The number of rotatable bonds is 3. The lowest BCUT2D eigenvalue weighted by Crippen LogP contribution is -2.18. The van der Waals surface area contributed by atoms with Crippen LogP contribution in [-0.4, -0.2) is 19.3 Å². The molecule has 0 unspecified atom stereocenters. The molecule has 0 atom stereocenters. The molecule has 0 aliphatic rings. The monoisotopic (exact) mass is 307 g/mol. The third kappa shape index (κ3) is 3.56. The van der Waals surface area contributed by atoms with Crippen molar-refractivity contribution in [2.45, 2.75) is 11.8 Å². The molecule has 1 amide bonds. The zero-order chi connectivity index (χ0) is 15.6. The predicted octanol–water partition coefficient (Wildman–Crippen LogP) is 0.583. The van der Waals surface area contributed by atoms with Crippen LogP contribution in [-0.2, 0) is 10.0 Å². The van der Waals surface area contributed by atoms with Crippen molar-refractivity contribution in [2.24, 2.45) is 5.14 Å². The molecule has 2 aromatic rings. The van der Waals surface area contributed by atoms with Crippen molar-refractivity contribution in [1.82, 2.24) is 4.98 Å². The number of aromatic nitrogens is 1. The fraction of sp³-hybridized carbons (Fsp3) is 0.0769. The maximum Gasteiger partial charge on any atom is 0.272 e. The molecule has 0 saturated heterocycles. The fourth-order valence-electron chi connectivity index (χ4n) is 1.72. The number of carbonyl (C=O) groups is 1. The fourth-order valence-corrected chi connectivity index (χ4v) is 2.32. The van der Waals surface area contributed by atoms with Gasteiger partial charge in [-0.15, -0.1) is 0 Å². The molecule has 7 nitrogen and oxygen atoms in total. The first kappa shape index (κ1) is 14.9. The van der Waals surface area contributed by atoms with E-state index in [2.05, 4.69) is 10.3 Å².